The van der Waals surface area contributed by atoms with E-state index in [0.717, 1.165) is 3.57 Å². The Bertz CT molecular complexity index is 320. The lowest BCUT2D eigenvalue weighted by Gasteiger charge is -2.10. The van der Waals surface area contributed by atoms with Crippen LogP contribution in [0.4, 0.5) is 4.39 Å². The van der Waals surface area contributed by atoms with Gasteiger partial charge in [0.25, 0.3) is 0 Å². The van der Waals surface area contributed by atoms with Crippen LogP contribution >= 0.6 is 34.4 Å². The quantitative estimate of drug-likeness (QED) is 0.481. The van der Waals surface area contributed by atoms with Crippen molar-refractivity contribution >= 4 is 34.4 Å². The highest BCUT2D eigenvalue weighted by molar-refractivity contribution is 14.1. The zero-order chi connectivity index (χ0) is 10.6. The second-order valence-electron chi connectivity index (χ2n) is 2.44. The van der Waals surface area contributed by atoms with Crippen molar-refractivity contribution in [2.75, 3.05) is 20.2 Å². The standard InChI is InChI=1S/C9H10FIO2S/c1-12-5-13-9-6(11)3-4-7(14-2)8(9)10/h3-4H,5H2,1-2H3. The summed E-state index contributed by atoms with van der Waals surface area (Å²) >= 11 is 3.38. The molecule has 0 aromatic heterocycles. The van der Waals surface area contributed by atoms with Crippen molar-refractivity contribution in [3.63, 3.8) is 0 Å². The molecular formula is C9H10FIO2S. The number of ether oxygens (including phenoxy) is 2. The monoisotopic (exact) mass is 328 g/mol. The van der Waals surface area contributed by atoms with Gasteiger partial charge in [-0.05, 0) is 41.0 Å². The zero-order valence-corrected chi connectivity index (χ0v) is 10.8. The van der Waals surface area contributed by atoms with E-state index in [1.165, 1.54) is 18.9 Å². The van der Waals surface area contributed by atoms with Gasteiger partial charge in [-0.2, -0.15) is 0 Å². The van der Waals surface area contributed by atoms with Crippen molar-refractivity contribution in [1.29, 1.82) is 0 Å². The molecule has 1 rings (SSSR count). The van der Waals surface area contributed by atoms with Gasteiger partial charge >= 0.3 is 0 Å². The fourth-order valence-corrected chi connectivity index (χ4v) is 1.97. The number of methoxy groups -OCH3 is 1. The van der Waals surface area contributed by atoms with Gasteiger partial charge in [-0.3, -0.25) is 0 Å². The number of thioether (sulfide) groups is 1. The van der Waals surface area contributed by atoms with Gasteiger partial charge in [0.05, 0.1) is 3.57 Å². The highest BCUT2D eigenvalue weighted by Gasteiger charge is 2.12. The van der Waals surface area contributed by atoms with E-state index >= 15 is 0 Å². The van der Waals surface area contributed by atoms with Gasteiger partial charge in [-0.15, -0.1) is 11.8 Å². The lowest BCUT2D eigenvalue weighted by atomic mass is 10.3. The number of hydrogen-bond acceptors (Lipinski definition) is 3. The topological polar surface area (TPSA) is 18.5 Å². The normalized spacial score (nSPS) is 10.3. The first kappa shape index (κ1) is 12.1. The van der Waals surface area contributed by atoms with Gasteiger partial charge in [0.15, 0.2) is 18.4 Å². The molecule has 0 saturated carbocycles. The SMILES string of the molecule is COCOc1c(I)ccc(SC)c1F. The van der Waals surface area contributed by atoms with E-state index in [9.17, 15) is 4.39 Å². The van der Waals surface area contributed by atoms with Crippen molar-refractivity contribution in [3.8, 4) is 5.75 Å². The molecule has 0 unspecified atom stereocenters. The first-order valence-corrected chi connectivity index (χ1v) is 6.14. The summed E-state index contributed by atoms with van der Waals surface area (Å²) in [4.78, 5) is 0.580. The Morgan fingerprint density at radius 3 is 2.79 bits per heavy atom. The summed E-state index contributed by atoms with van der Waals surface area (Å²) in [6.45, 7) is 0.0603. The van der Waals surface area contributed by atoms with E-state index in [1.54, 1.807) is 6.07 Å². The van der Waals surface area contributed by atoms with E-state index in [2.05, 4.69) is 0 Å². The summed E-state index contributed by atoms with van der Waals surface area (Å²) in [5.41, 5.74) is 0. The van der Waals surface area contributed by atoms with Crippen LogP contribution in [0.25, 0.3) is 0 Å². The maximum absolute atomic E-state index is 13.7. The van der Waals surface area contributed by atoms with Crippen LogP contribution in [0.2, 0.25) is 0 Å². The maximum Gasteiger partial charge on any atom is 0.188 e. The number of hydrogen-bond donors (Lipinski definition) is 0. The summed E-state index contributed by atoms with van der Waals surface area (Å²) in [5, 5.41) is 0. The molecule has 1 aromatic carbocycles. The van der Waals surface area contributed by atoms with E-state index in [4.69, 9.17) is 9.47 Å². The molecule has 14 heavy (non-hydrogen) atoms. The van der Waals surface area contributed by atoms with Crippen molar-refractivity contribution in [2.45, 2.75) is 4.90 Å². The van der Waals surface area contributed by atoms with Crippen LogP contribution < -0.4 is 4.74 Å². The predicted octanol–water partition coefficient (Wildman–Crippen LogP) is 3.13. The molecule has 78 valence electrons. The first-order chi connectivity index (χ1) is 6.70. The maximum atomic E-state index is 13.7. The van der Waals surface area contributed by atoms with Gasteiger partial charge < -0.3 is 9.47 Å². The van der Waals surface area contributed by atoms with Gasteiger partial charge in [0, 0.05) is 12.0 Å². The van der Waals surface area contributed by atoms with Gasteiger partial charge in [-0.1, -0.05) is 0 Å². The molecule has 0 spiro atoms. The fraction of sp³-hybridized carbons (Fsp3) is 0.333. The molecule has 0 N–H and O–H groups in total. The Kier molecular flexibility index (Phi) is 4.97. The molecule has 5 heteroatoms. The molecule has 0 aliphatic heterocycles. The molecule has 0 heterocycles. The summed E-state index contributed by atoms with van der Waals surface area (Å²) < 4.78 is 24.3. The molecule has 1 aromatic rings. The number of benzene rings is 1. The van der Waals surface area contributed by atoms with E-state index < -0.39 is 0 Å². The molecular weight excluding hydrogens is 318 g/mol. The molecule has 0 atom stereocenters. The second-order valence-corrected chi connectivity index (χ2v) is 4.45. The number of rotatable bonds is 4. The Hall–Kier alpha value is -0.0100. The minimum Gasteiger partial charge on any atom is -0.463 e. The predicted molar refractivity (Wildman–Crippen MR) is 63.4 cm³/mol. The van der Waals surface area contributed by atoms with E-state index in [1.807, 2.05) is 34.9 Å². The van der Waals surface area contributed by atoms with Crippen LogP contribution in [0.1, 0.15) is 0 Å². The second kappa shape index (κ2) is 5.77. The van der Waals surface area contributed by atoms with Crippen molar-refractivity contribution in [3.05, 3.63) is 21.5 Å². The largest absolute Gasteiger partial charge is 0.463 e. The molecule has 2 nitrogen and oxygen atoms in total. The average Bonchev–Trinajstić information content (AvgIpc) is 2.18. The van der Waals surface area contributed by atoms with E-state index in [0.29, 0.717) is 4.90 Å². The first-order valence-electron chi connectivity index (χ1n) is 3.84. The average molecular weight is 328 g/mol. The van der Waals surface area contributed by atoms with Crippen molar-refractivity contribution < 1.29 is 13.9 Å². The summed E-state index contributed by atoms with van der Waals surface area (Å²) in [6.07, 6.45) is 1.82. The van der Waals surface area contributed by atoms with Crippen LogP contribution in [0.5, 0.6) is 5.75 Å². The van der Waals surface area contributed by atoms with Crippen LogP contribution in [0, 0.1) is 9.39 Å². The Balaban J connectivity index is 2.99. The van der Waals surface area contributed by atoms with Crippen LogP contribution in [0.3, 0.4) is 0 Å². The van der Waals surface area contributed by atoms with Crippen molar-refractivity contribution in [1.82, 2.24) is 0 Å². The smallest absolute Gasteiger partial charge is 0.188 e. The summed E-state index contributed by atoms with van der Waals surface area (Å²) in [7, 11) is 1.50. The summed E-state index contributed by atoms with van der Waals surface area (Å²) in [5.74, 6) is -0.0549. The van der Waals surface area contributed by atoms with Gasteiger partial charge in [0.2, 0.25) is 0 Å². The molecule has 0 saturated heterocycles. The Morgan fingerprint density at radius 2 is 2.21 bits per heavy atom. The molecule has 0 aliphatic rings. The molecule has 0 bridgehead atoms. The van der Waals surface area contributed by atoms with Crippen LogP contribution in [0.15, 0.2) is 17.0 Å². The molecule has 0 amide bonds. The lowest BCUT2D eigenvalue weighted by molar-refractivity contribution is 0.0472. The minimum absolute atomic E-state index is 0.0603. The lowest BCUT2D eigenvalue weighted by Crippen LogP contribution is -2.03. The fourth-order valence-electron chi connectivity index (χ4n) is 0.922. The third kappa shape index (κ3) is 2.74. The highest BCUT2D eigenvalue weighted by Crippen LogP contribution is 2.31. The third-order valence-corrected chi connectivity index (χ3v) is 3.16. The Labute approximate surface area is 100 Å². The highest BCUT2D eigenvalue weighted by atomic mass is 127. The van der Waals surface area contributed by atoms with Crippen LogP contribution in [-0.4, -0.2) is 20.2 Å². The summed E-state index contributed by atoms with van der Waals surface area (Å²) in [6, 6.07) is 3.56. The van der Waals surface area contributed by atoms with Gasteiger partial charge in [0.1, 0.15) is 0 Å². The molecule has 0 aliphatic carbocycles. The zero-order valence-electron chi connectivity index (χ0n) is 7.84. The Morgan fingerprint density at radius 1 is 1.50 bits per heavy atom. The molecule has 0 radical (unpaired) electrons. The van der Waals surface area contributed by atoms with E-state index in [-0.39, 0.29) is 18.4 Å². The molecule has 0 fully saturated rings. The van der Waals surface area contributed by atoms with Crippen molar-refractivity contribution in [2.24, 2.45) is 0 Å². The van der Waals surface area contributed by atoms with Crippen LogP contribution in [-0.2, 0) is 4.74 Å². The van der Waals surface area contributed by atoms with Gasteiger partial charge in [-0.25, -0.2) is 4.39 Å². The number of halogens is 2. The minimum atomic E-state index is -0.318. The third-order valence-electron chi connectivity index (χ3n) is 1.55.